The molecule has 1 aliphatic carbocycles. The Balaban J connectivity index is 1.54. The van der Waals surface area contributed by atoms with E-state index in [2.05, 4.69) is 41.2 Å². The third kappa shape index (κ3) is 5.79. The SMILES string of the molecule is Cn1cc(C2=C(CN(Cc3cc(Cl)cc(C#N)c3)c3ncc(-c4cnn(C)c4)cn3)CC(C)(C)CC2)cn1. The summed E-state index contributed by atoms with van der Waals surface area (Å²) in [5.74, 6) is 0.623. The summed E-state index contributed by atoms with van der Waals surface area (Å²) < 4.78 is 3.62. The molecule has 4 aromatic rings. The summed E-state index contributed by atoms with van der Waals surface area (Å²) in [4.78, 5) is 11.7. The minimum atomic E-state index is 0.196. The van der Waals surface area contributed by atoms with E-state index in [0.29, 0.717) is 29.6 Å². The fraction of sp³-hybridized carbons (Fsp3) is 0.345. The molecule has 1 aliphatic rings. The minimum absolute atomic E-state index is 0.196. The van der Waals surface area contributed by atoms with Crippen molar-refractivity contribution in [2.75, 3.05) is 11.4 Å². The first-order valence-electron chi connectivity index (χ1n) is 12.6. The zero-order chi connectivity index (χ0) is 26.9. The van der Waals surface area contributed by atoms with Crippen LogP contribution in [0.2, 0.25) is 5.02 Å². The van der Waals surface area contributed by atoms with Gasteiger partial charge in [-0.05, 0) is 59.6 Å². The molecule has 38 heavy (non-hydrogen) atoms. The van der Waals surface area contributed by atoms with Crippen molar-refractivity contribution in [3.8, 4) is 17.2 Å². The molecule has 9 heteroatoms. The Hall–Kier alpha value is -3.96. The van der Waals surface area contributed by atoms with Gasteiger partial charge < -0.3 is 4.90 Å². The number of aromatic nitrogens is 6. The topological polar surface area (TPSA) is 88.5 Å². The summed E-state index contributed by atoms with van der Waals surface area (Å²) >= 11 is 6.36. The molecule has 0 unspecified atom stereocenters. The summed E-state index contributed by atoms with van der Waals surface area (Å²) in [5, 5.41) is 18.7. The molecule has 0 N–H and O–H groups in total. The van der Waals surface area contributed by atoms with Crippen molar-refractivity contribution >= 4 is 23.1 Å². The van der Waals surface area contributed by atoms with Gasteiger partial charge in [-0.15, -0.1) is 0 Å². The number of benzene rings is 1. The van der Waals surface area contributed by atoms with Crippen molar-refractivity contribution in [2.45, 2.75) is 39.7 Å². The van der Waals surface area contributed by atoms with Crippen LogP contribution in [-0.2, 0) is 20.6 Å². The highest BCUT2D eigenvalue weighted by atomic mass is 35.5. The van der Waals surface area contributed by atoms with Crippen LogP contribution in [-0.4, -0.2) is 36.1 Å². The predicted octanol–water partition coefficient (Wildman–Crippen LogP) is 5.81. The summed E-state index contributed by atoms with van der Waals surface area (Å²) in [6.45, 7) is 5.83. The van der Waals surface area contributed by atoms with Crippen molar-refractivity contribution in [1.82, 2.24) is 29.5 Å². The average molecular weight is 527 g/mol. The van der Waals surface area contributed by atoms with Crippen LogP contribution < -0.4 is 4.90 Å². The molecule has 0 atom stereocenters. The zero-order valence-corrected chi connectivity index (χ0v) is 22.9. The Kier molecular flexibility index (Phi) is 7.04. The van der Waals surface area contributed by atoms with Gasteiger partial charge in [0.15, 0.2) is 0 Å². The summed E-state index contributed by atoms with van der Waals surface area (Å²) in [6, 6.07) is 7.68. The highest BCUT2D eigenvalue weighted by Gasteiger charge is 2.29. The molecule has 0 radical (unpaired) electrons. The Morgan fingerprint density at radius 3 is 2.26 bits per heavy atom. The lowest BCUT2D eigenvalue weighted by atomic mass is 9.73. The molecule has 0 saturated heterocycles. The molecule has 3 heterocycles. The fourth-order valence-corrected chi connectivity index (χ4v) is 5.41. The van der Waals surface area contributed by atoms with Crippen molar-refractivity contribution in [3.63, 3.8) is 0 Å². The van der Waals surface area contributed by atoms with E-state index in [4.69, 9.17) is 21.6 Å². The van der Waals surface area contributed by atoms with Gasteiger partial charge >= 0.3 is 0 Å². The Bertz CT molecular complexity index is 1520. The number of halogens is 1. The second-order valence-electron chi connectivity index (χ2n) is 10.8. The zero-order valence-electron chi connectivity index (χ0n) is 22.2. The van der Waals surface area contributed by atoms with Gasteiger partial charge in [-0.25, -0.2) is 9.97 Å². The Morgan fingerprint density at radius 1 is 0.947 bits per heavy atom. The molecule has 194 valence electrons. The van der Waals surface area contributed by atoms with Crippen LogP contribution in [0.15, 0.2) is 61.0 Å². The number of aryl methyl sites for hydroxylation is 2. The van der Waals surface area contributed by atoms with Crippen LogP contribution in [0.1, 0.15) is 49.8 Å². The first-order chi connectivity index (χ1) is 18.2. The van der Waals surface area contributed by atoms with Crippen molar-refractivity contribution in [1.29, 1.82) is 5.26 Å². The van der Waals surface area contributed by atoms with E-state index < -0.39 is 0 Å². The van der Waals surface area contributed by atoms with E-state index in [9.17, 15) is 5.26 Å². The Labute approximate surface area is 228 Å². The smallest absolute Gasteiger partial charge is 0.225 e. The quantitative estimate of drug-likeness (QED) is 0.302. The molecule has 5 rings (SSSR count). The fourth-order valence-electron chi connectivity index (χ4n) is 5.15. The first kappa shape index (κ1) is 25.7. The average Bonchev–Trinajstić information content (AvgIpc) is 3.51. The molecule has 0 spiro atoms. The second-order valence-corrected chi connectivity index (χ2v) is 11.3. The van der Waals surface area contributed by atoms with Crippen molar-refractivity contribution in [2.24, 2.45) is 19.5 Å². The molecule has 0 amide bonds. The molecule has 0 saturated carbocycles. The van der Waals surface area contributed by atoms with Gasteiger partial charge in [0.2, 0.25) is 5.95 Å². The first-order valence-corrected chi connectivity index (χ1v) is 13.0. The lowest BCUT2D eigenvalue weighted by molar-refractivity contribution is 0.322. The van der Waals surface area contributed by atoms with Crippen molar-refractivity contribution in [3.05, 3.63) is 82.7 Å². The molecular formula is C29H31ClN8. The normalized spacial score (nSPS) is 14.9. The maximum atomic E-state index is 9.49. The predicted molar refractivity (Wildman–Crippen MR) is 149 cm³/mol. The summed E-state index contributed by atoms with van der Waals surface area (Å²) in [5.41, 5.74) is 7.42. The number of allylic oxidation sites excluding steroid dienone is 1. The van der Waals surface area contributed by atoms with Gasteiger partial charge in [0.1, 0.15) is 0 Å². The number of hydrogen-bond acceptors (Lipinski definition) is 6. The van der Waals surface area contributed by atoms with Crippen LogP contribution in [0.4, 0.5) is 5.95 Å². The van der Waals surface area contributed by atoms with Gasteiger partial charge in [0.05, 0.1) is 24.0 Å². The van der Waals surface area contributed by atoms with E-state index in [0.717, 1.165) is 36.0 Å². The van der Waals surface area contributed by atoms with E-state index in [1.165, 1.54) is 16.7 Å². The van der Waals surface area contributed by atoms with Gasteiger partial charge in [-0.3, -0.25) is 9.36 Å². The summed E-state index contributed by atoms with van der Waals surface area (Å²) in [7, 11) is 3.84. The molecule has 8 nitrogen and oxygen atoms in total. The number of rotatable bonds is 7. The maximum absolute atomic E-state index is 9.49. The highest BCUT2D eigenvalue weighted by Crippen LogP contribution is 2.43. The minimum Gasteiger partial charge on any atom is -0.332 e. The van der Waals surface area contributed by atoms with E-state index in [1.54, 1.807) is 16.9 Å². The number of nitriles is 1. The summed E-state index contributed by atoms with van der Waals surface area (Å²) in [6.07, 6.45) is 14.6. The van der Waals surface area contributed by atoms with Gasteiger partial charge in [0.25, 0.3) is 0 Å². The molecule has 1 aromatic carbocycles. The standard InChI is InChI=1S/C29H31ClN8/c1-29(2)6-5-27(25-15-35-37(4)18-25)22(10-29)19-38(16-21-7-20(11-31)8-26(30)9-21)28-32-12-23(13-33-28)24-14-34-36(3)17-24/h7-9,12-15,17-18H,5-6,10,16,19H2,1-4H3. The highest BCUT2D eigenvalue weighted by molar-refractivity contribution is 6.30. The third-order valence-electron chi connectivity index (χ3n) is 7.02. The molecule has 0 aliphatic heterocycles. The van der Waals surface area contributed by atoms with E-state index >= 15 is 0 Å². The van der Waals surface area contributed by atoms with E-state index in [1.807, 2.05) is 55.7 Å². The van der Waals surface area contributed by atoms with Crippen LogP contribution in [0.25, 0.3) is 16.7 Å². The van der Waals surface area contributed by atoms with Gasteiger partial charge in [-0.1, -0.05) is 25.4 Å². The molecule has 3 aromatic heterocycles. The van der Waals surface area contributed by atoms with Gasteiger partial charge in [-0.2, -0.15) is 15.5 Å². The number of hydrogen-bond donors (Lipinski definition) is 0. The Morgan fingerprint density at radius 2 is 1.63 bits per heavy atom. The van der Waals surface area contributed by atoms with Crippen LogP contribution in [0, 0.1) is 16.7 Å². The number of nitrogens with zero attached hydrogens (tertiary/aromatic N) is 8. The third-order valence-corrected chi connectivity index (χ3v) is 7.24. The van der Waals surface area contributed by atoms with Crippen LogP contribution in [0.5, 0.6) is 0 Å². The second kappa shape index (κ2) is 10.4. The van der Waals surface area contributed by atoms with Gasteiger partial charge in [0, 0.05) is 73.7 Å². The maximum Gasteiger partial charge on any atom is 0.225 e. The van der Waals surface area contributed by atoms with Crippen LogP contribution in [0.3, 0.4) is 0 Å². The monoisotopic (exact) mass is 526 g/mol. The lowest BCUT2D eigenvalue weighted by Crippen LogP contribution is -2.30. The van der Waals surface area contributed by atoms with Crippen LogP contribution >= 0.6 is 11.6 Å². The lowest BCUT2D eigenvalue weighted by Gasteiger charge is -2.35. The largest absolute Gasteiger partial charge is 0.332 e. The molecule has 0 fully saturated rings. The van der Waals surface area contributed by atoms with Crippen molar-refractivity contribution < 1.29 is 0 Å². The van der Waals surface area contributed by atoms with E-state index in [-0.39, 0.29) is 5.41 Å². The molecule has 0 bridgehead atoms. The number of anilines is 1. The molecular weight excluding hydrogens is 496 g/mol.